The fraction of sp³-hybridized carbons (Fsp3) is 0.391. The Morgan fingerprint density at radius 3 is 2.73 bits per heavy atom. The Morgan fingerprint density at radius 2 is 1.97 bits per heavy atom. The van der Waals surface area contributed by atoms with Crippen LogP contribution < -0.4 is 29.0 Å². The molecule has 2 aromatic rings. The Kier molecular flexibility index (Phi) is 7.05. The van der Waals surface area contributed by atoms with Crippen molar-refractivity contribution in [2.75, 3.05) is 52.6 Å². The first kappa shape index (κ1) is 22.9. The average molecular weight is 475 g/mol. The molecule has 0 saturated carbocycles. The molecule has 4 rings (SSSR count). The first-order valence-corrected chi connectivity index (χ1v) is 10.9. The van der Waals surface area contributed by atoms with Crippen LogP contribution in [0.2, 0.25) is 0 Å². The van der Waals surface area contributed by atoms with E-state index in [1.54, 1.807) is 12.1 Å². The molecule has 33 heavy (non-hydrogen) atoms. The quantitative estimate of drug-likeness (QED) is 0.477. The summed E-state index contributed by atoms with van der Waals surface area (Å²) in [7, 11) is 3.04. The number of morpholine rings is 1. The van der Waals surface area contributed by atoms with Gasteiger partial charge in [-0.3, -0.25) is 4.79 Å². The molecule has 0 spiro atoms. The van der Waals surface area contributed by atoms with Gasteiger partial charge in [-0.1, -0.05) is 0 Å². The maximum absolute atomic E-state index is 12.1. The molecule has 1 N–H and O–H groups in total. The van der Waals surface area contributed by atoms with E-state index in [9.17, 15) is 4.79 Å². The summed E-state index contributed by atoms with van der Waals surface area (Å²) >= 11 is 5.61. The van der Waals surface area contributed by atoms with Crippen molar-refractivity contribution in [1.82, 2.24) is 4.90 Å². The molecule has 1 atom stereocenters. The standard InChI is InChI=1S/C23H26N2O7S/c1-14(26)17-5-7-19(27-2)22(28-3)21(17)30-12-16-11-25(8-9-29-16)23(33)24-15-4-6-18-20(10-15)32-13-31-18/h4-7,10,16H,8-9,11-13H2,1-3H3,(H,24,33). The topological polar surface area (TPSA) is 87.7 Å². The van der Waals surface area contributed by atoms with Crippen LogP contribution in [-0.2, 0) is 4.74 Å². The Hall–Kier alpha value is -3.24. The predicted molar refractivity (Wildman–Crippen MR) is 125 cm³/mol. The molecule has 9 nitrogen and oxygen atoms in total. The van der Waals surface area contributed by atoms with Crippen LogP contribution in [0, 0.1) is 0 Å². The molecule has 1 saturated heterocycles. The number of Topliss-reactive ketones (excluding diaryl/α,β-unsaturated/α-hetero) is 1. The van der Waals surface area contributed by atoms with Crippen molar-refractivity contribution in [2.24, 2.45) is 0 Å². The number of nitrogens with zero attached hydrogens (tertiary/aromatic N) is 1. The number of ether oxygens (including phenoxy) is 6. The van der Waals surface area contributed by atoms with Gasteiger partial charge in [0.15, 0.2) is 33.9 Å². The number of rotatable bonds is 7. The molecular weight excluding hydrogens is 448 g/mol. The van der Waals surface area contributed by atoms with Gasteiger partial charge >= 0.3 is 0 Å². The molecule has 0 bridgehead atoms. The van der Waals surface area contributed by atoms with Crippen molar-refractivity contribution >= 4 is 28.8 Å². The molecule has 1 fully saturated rings. The van der Waals surface area contributed by atoms with Gasteiger partial charge in [0.1, 0.15) is 12.7 Å². The zero-order chi connectivity index (χ0) is 23.4. The highest BCUT2D eigenvalue weighted by Gasteiger charge is 2.26. The van der Waals surface area contributed by atoms with Crippen molar-refractivity contribution in [3.63, 3.8) is 0 Å². The summed E-state index contributed by atoms with van der Waals surface area (Å²) in [5, 5.41) is 3.81. The van der Waals surface area contributed by atoms with E-state index in [0.29, 0.717) is 59.1 Å². The molecular formula is C23H26N2O7S. The highest BCUT2D eigenvalue weighted by Crippen LogP contribution is 2.40. The maximum atomic E-state index is 12.1. The highest BCUT2D eigenvalue weighted by atomic mass is 32.1. The Labute approximate surface area is 197 Å². The van der Waals surface area contributed by atoms with Crippen LogP contribution in [0.5, 0.6) is 28.7 Å². The maximum Gasteiger partial charge on any atom is 0.231 e. The van der Waals surface area contributed by atoms with Gasteiger partial charge in [0.05, 0.1) is 26.4 Å². The van der Waals surface area contributed by atoms with E-state index in [1.165, 1.54) is 21.1 Å². The normalized spacial score (nSPS) is 16.8. The molecule has 2 aliphatic rings. The lowest BCUT2D eigenvalue weighted by Gasteiger charge is -2.34. The predicted octanol–water partition coefficient (Wildman–Crippen LogP) is 3.11. The molecule has 176 valence electrons. The number of methoxy groups -OCH3 is 2. The van der Waals surface area contributed by atoms with Crippen molar-refractivity contribution in [2.45, 2.75) is 13.0 Å². The lowest BCUT2D eigenvalue weighted by Crippen LogP contribution is -2.49. The zero-order valence-corrected chi connectivity index (χ0v) is 19.5. The van der Waals surface area contributed by atoms with Gasteiger partial charge in [0.2, 0.25) is 12.5 Å². The van der Waals surface area contributed by atoms with Gasteiger partial charge in [-0.05, 0) is 43.4 Å². The van der Waals surface area contributed by atoms with Crippen LogP contribution >= 0.6 is 12.2 Å². The summed E-state index contributed by atoms with van der Waals surface area (Å²) < 4.78 is 33.5. The average Bonchev–Trinajstić information content (AvgIpc) is 3.30. The van der Waals surface area contributed by atoms with Gasteiger partial charge in [0, 0.05) is 24.8 Å². The summed E-state index contributed by atoms with van der Waals surface area (Å²) in [5.41, 5.74) is 1.23. The van der Waals surface area contributed by atoms with E-state index in [2.05, 4.69) is 5.32 Å². The van der Waals surface area contributed by atoms with Crippen LogP contribution in [0.15, 0.2) is 30.3 Å². The molecule has 2 aliphatic heterocycles. The van der Waals surface area contributed by atoms with E-state index in [4.69, 9.17) is 40.6 Å². The van der Waals surface area contributed by atoms with Crippen LogP contribution in [0.4, 0.5) is 5.69 Å². The Balaban J connectivity index is 1.40. The van der Waals surface area contributed by atoms with Crippen LogP contribution in [0.1, 0.15) is 17.3 Å². The lowest BCUT2D eigenvalue weighted by atomic mass is 10.1. The second-order valence-electron chi connectivity index (χ2n) is 7.48. The molecule has 10 heteroatoms. The van der Waals surface area contributed by atoms with Crippen LogP contribution in [0.25, 0.3) is 0 Å². The zero-order valence-electron chi connectivity index (χ0n) is 18.7. The van der Waals surface area contributed by atoms with Crippen molar-refractivity contribution < 1.29 is 33.2 Å². The van der Waals surface area contributed by atoms with Gasteiger partial charge in [-0.15, -0.1) is 0 Å². The monoisotopic (exact) mass is 474 g/mol. The third-order valence-corrected chi connectivity index (χ3v) is 5.70. The van der Waals surface area contributed by atoms with Crippen molar-refractivity contribution in [3.8, 4) is 28.7 Å². The van der Waals surface area contributed by atoms with Gasteiger partial charge in [-0.2, -0.15) is 0 Å². The molecule has 0 aliphatic carbocycles. The number of fused-ring (bicyclic) bond motifs is 1. The number of ketones is 1. The van der Waals surface area contributed by atoms with E-state index < -0.39 is 0 Å². The molecule has 0 aromatic heterocycles. The number of carbonyl (C=O) groups is 1. The number of hydrogen-bond acceptors (Lipinski definition) is 8. The minimum absolute atomic E-state index is 0.133. The fourth-order valence-corrected chi connectivity index (χ4v) is 3.96. The Morgan fingerprint density at radius 1 is 1.15 bits per heavy atom. The van der Waals surface area contributed by atoms with Gasteiger partial charge < -0.3 is 38.6 Å². The number of thiocarbonyl (C=S) groups is 1. The van der Waals surface area contributed by atoms with E-state index >= 15 is 0 Å². The summed E-state index contributed by atoms with van der Waals surface area (Å²) in [6.07, 6.45) is -0.258. The van der Waals surface area contributed by atoms with Crippen molar-refractivity contribution in [3.05, 3.63) is 35.9 Å². The van der Waals surface area contributed by atoms with Crippen molar-refractivity contribution in [1.29, 1.82) is 0 Å². The number of hydrogen-bond donors (Lipinski definition) is 1. The smallest absolute Gasteiger partial charge is 0.231 e. The molecule has 2 aromatic carbocycles. The largest absolute Gasteiger partial charge is 0.493 e. The minimum atomic E-state index is -0.258. The summed E-state index contributed by atoms with van der Waals surface area (Å²) in [5.74, 6) is 2.46. The summed E-state index contributed by atoms with van der Waals surface area (Å²) in [4.78, 5) is 14.1. The summed E-state index contributed by atoms with van der Waals surface area (Å²) in [6, 6.07) is 8.93. The van der Waals surface area contributed by atoms with Gasteiger partial charge in [0.25, 0.3) is 0 Å². The second-order valence-corrected chi connectivity index (χ2v) is 7.87. The Bertz CT molecular complexity index is 1050. The summed E-state index contributed by atoms with van der Waals surface area (Å²) in [6.45, 7) is 3.58. The highest BCUT2D eigenvalue weighted by molar-refractivity contribution is 7.80. The van der Waals surface area contributed by atoms with Gasteiger partial charge in [-0.25, -0.2) is 0 Å². The number of anilines is 1. The number of nitrogens with one attached hydrogen (secondary N) is 1. The second kappa shape index (κ2) is 10.1. The third kappa shape index (κ3) is 5.07. The molecule has 0 radical (unpaired) electrons. The first-order valence-electron chi connectivity index (χ1n) is 10.5. The molecule has 2 heterocycles. The molecule has 0 amide bonds. The van der Waals surface area contributed by atoms with E-state index in [-0.39, 0.29) is 25.3 Å². The van der Waals surface area contributed by atoms with Crippen LogP contribution in [-0.4, -0.2) is 69.2 Å². The fourth-order valence-electron chi connectivity index (χ4n) is 3.68. The lowest BCUT2D eigenvalue weighted by molar-refractivity contribution is -0.0285. The van der Waals surface area contributed by atoms with Crippen LogP contribution in [0.3, 0.4) is 0 Å². The van der Waals surface area contributed by atoms with E-state index in [1.807, 2.05) is 23.1 Å². The number of carbonyl (C=O) groups excluding carboxylic acids is 1. The first-order chi connectivity index (χ1) is 16.0. The molecule has 1 unspecified atom stereocenters. The SMILES string of the molecule is COc1ccc(C(C)=O)c(OCC2CN(C(=S)Nc3ccc4c(c3)OCO4)CCO2)c1OC. The van der Waals surface area contributed by atoms with E-state index in [0.717, 1.165) is 5.69 Å². The minimum Gasteiger partial charge on any atom is -0.493 e. The number of benzene rings is 2. The third-order valence-electron chi connectivity index (χ3n) is 5.34.